The van der Waals surface area contributed by atoms with Gasteiger partial charge in [0.2, 0.25) is 5.95 Å². The summed E-state index contributed by atoms with van der Waals surface area (Å²) in [4.78, 5) is 12.4. The van der Waals surface area contributed by atoms with Crippen LogP contribution in [-0.2, 0) is 7.05 Å². The number of nitrogens with zero attached hydrogens (tertiary/aromatic N) is 4. The van der Waals surface area contributed by atoms with E-state index in [2.05, 4.69) is 20.3 Å². The molecule has 0 bridgehead atoms. The first kappa shape index (κ1) is 13.2. The fraction of sp³-hybridized carbons (Fsp3) is 0.133. The smallest absolute Gasteiger partial charge is 0.227 e. The number of anilines is 2. The first-order valence-corrected chi connectivity index (χ1v) is 6.48. The third kappa shape index (κ3) is 2.60. The maximum Gasteiger partial charge on any atom is 0.227 e. The van der Waals surface area contributed by atoms with Gasteiger partial charge in [0.05, 0.1) is 18.1 Å². The Morgan fingerprint density at radius 3 is 2.52 bits per heavy atom. The van der Waals surface area contributed by atoms with Gasteiger partial charge in [0, 0.05) is 12.7 Å². The molecule has 2 heterocycles. The number of rotatable bonds is 3. The molecule has 3 aromatic rings. The van der Waals surface area contributed by atoms with E-state index in [-0.39, 0.29) is 5.69 Å². The first-order valence-electron chi connectivity index (χ1n) is 6.48. The zero-order valence-electron chi connectivity index (χ0n) is 11.7. The lowest BCUT2D eigenvalue weighted by Gasteiger charge is -2.08. The maximum absolute atomic E-state index is 14.0. The molecule has 0 aliphatic carbocycles. The molecular weight excluding hydrogens is 269 g/mol. The summed E-state index contributed by atoms with van der Waals surface area (Å²) in [5.74, 6) is 0.661. The van der Waals surface area contributed by atoms with Crippen molar-refractivity contribution >= 4 is 11.6 Å². The average molecular weight is 283 g/mol. The average Bonchev–Trinajstić information content (AvgIpc) is 2.82. The minimum absolute atomic E-state index is 0.228. The van der Waals surface area contributed by atoms with Crippen molar-refractivity contribution in [3.05, 3.63) is 54.4 Å². The molecule has 0 amide bonds. The maximum atomic E-state index is 14.0. The molecule has 2 aromatic heterocycles. The van der Waals surface area contributed by atoms with Gasteiger partial charge in [-0.05, 0) is 19.1 Å². The fourth-order valence-corrected chi connectivity index (χ4v) is 1.98. The summed E-state index contributed by atoms with van der Waals surface area (Å²) in [6, 6.07) is 9.50. The van der Waals surface area contributed by atoms with Crippen molar-refractivity contribution in [1.82, 2.24) is 19.5 Å². The van der Waals surface area contributed by atoms with E-state index < -0.39 is 5.82 Å². The van der Waals surface area contributed by atoms with E-state index in [9.17, 15) is 4.39 Å². The Hall–Kier alpha value is -2.76. The molecular formula is C15H14FN5. The van der Waals surface area contributed by atoms with E-state index in [0.717, 1.165) is 17.7 Å². The van der Waals surface area contributed by atoms with Crippen molar-refractivity contribution < 1.29 is 4.39 Å². The highest BCUT2D eigenvalue weighted by Crippen LogP contribution is 2.22. The Bertz CT molecular complexity index is 767. The predicted octanol–water partition coefficient (Wildman–Crippen LogP) is 3.07. The van der Waals surface area contributed by atoms with Crippen LogP contribution in [0.15, 0.2) is 42.7 Å². The van der Waals surface area contributed by atoms with E-state index in [1.165, 1.54) is 0 Å². The Kier molecular flexibility index (Phi) is 3.35. The van der Waals surface area contributed by atoms with Gasteiger partial charge in [0.15, 0.2) is 5.82 Å². The van der Waals surface area contributed by atoms with Crippen LogP contribution < -0.4 is 5.32 Å². The number of benzene rings is 1. The molecule has 0 spiro atoms. The number of aromatic nitrogens is 4. The van der Waals surface area contributed by atoms with Crippen LogP contribution in [0, 0.1) is 12.7 Å². The highest BCUT2D eigenvalue weighted by atomic mass is 19.1. The molecule has 0 aliphatic heterocycles. The zero-order chi connectivity index (χ0) is 14.8. The van der Waals surface area contributed by atoms with Crippen molar-refractivity contribution in [2.75, 3.05) is 5.32 Å². The molecule has 0 aliphatic rings. The number of nitrogens with one attached hydrogen (secondary N) is 1. The largest absolute Gasteiger partial charge is 0.330 e. The number of hydrogen-bond acceptors (Lipinski definition) is 4. The molecule has 5 nitrogen and oxygen atoms in total. The SMILES string of the molecule is Cc1ncc(-c2nc(Nc3ccccc3)ncc2F)n1C. The summed E-state index contributed by atoms with van der Waals surface area (Å²) < 4.78 is 15.8. The van der Waals surface area contributed by atoms with E-state index in [4.69, 9.17) is 0 Å². The van der Waals surface area contributed by atoms with Gasteiger partial charge >= 0.3 is 0 Å². The van der Waals surface area contributed by atoms with Crippen molar-refractivity contribution in [3.63, 3.8) is 0 Å². The lowest BCUT2D eigenvalue weighted by atomic mass is 10.3. The van der Waals surface area contributed by atoms with Crippen molar-refractivity contribution in [3.8, 4) is 11.4 Å². The number of halogens is 1. The van der Waals surface area contributed by atoms with E-state index in [1.54, 1.807) is 10.8 Å². The molecule has 0 fully saturated rings. The van der Waals surface area contributed by atoms with Crippen LogP contribution >= 0.6 is 0 Å². The molecule has 0 radical (unpaired) electrons. The Morgan fingerprint density at radius 2 is 1.86 bits per heavy atom. The molecule has 0 unspecified atom stereocenters. The minimum Gasteiger partial charge on any atom is -0.330 e. The summed E-state index contributed by atoms with van der Waals surface area (Å²) in [5.41, 5.74) is 1.69. The molecule has 6 heteroatoms. The van der Waals surface area contributed by atoms with Crippen LogP contribution in [0.1, 0.15) is 5.82 Å². The topological polar surface area (TPSA) is 55.6 Å². The van der Waals surface area contributed by atoms with E-state index >= 15 is 0 Å². The summed E-state index contributed by atoms with van der Waals surface area (Å²) in [5, 5.41) is 3.05. The molecule has 0 atom stereocenters. The molecule has 21 heavy (non-hydrogen) atoms. The van der Waals surface area contributed by atoms with Crippen molar-refractivity contribution in [2.45, 2.75) is 6.92 Å². The van der Waals surface area contributed by atoms with Crippen LogP contribution in [-0.4, -0.2) is 19.5 Å². The summed E-state index contributed by atoms with van der Waals surface area (Å²) in [6.07, 6.45) is 2.77. The van der Waals surface area contributed by atoms with Gasteiger partial charge in [-0.1, -0.05) is 18.2 Å². The lowest BCUT2D eigenvalue weighted by Crippen LogP contribution is -2.03. The van der Waals surface area contributed by atoms with Gasteiger partial charge in [0.1, 0.15) is 11.5 Å². The van der Waals surface area contributed by atoms with Gasteiger partial charge in [-0.3, -0.25) is 0 Å². The van der Waals surface area contributed by atoms with Gasteiger partial charge in [0.25, 0.3) is 0 Å². The zero-order valence-corrected chi connectivity index (χ0v) is 11.7. The number of para-hydroxylation sites is 1. The van der Waals surface area contributed by atoms with Gasteiger partial charge in [-0.15, -0.1) is 0 Å². The summed E-state index contributed by atoms with van der Waals surface area (Å²) in [7, 11) is 1.82. The molecule has 0 saturated carbocycles. The van der Waals surface area contributed by atoms with Crippen molar-refractivity contribution in [1.29, 1.82) is 0 Å². The molecule has 3 rings (SSSR count). The fourth-order valence-electron chi connectivity index (χ4n) is 1.98. The first-order chi connectivity index (χ1) is 10.1. The Labute approximate surface area is 121 Å². The van der Waals surface area contributed by atoms with E-state index in [1.807, 2.05) is 44.3 Å². The molecule has 1 N–H and O–H groups in total. The number of imidazole rings is 1. The van der Waals surface area contributed by atoms with Crippen LogP contribution in [0.2, 0.25) is 0 Å². The summed E-state index contributed by atoms with van der Waals surface area (Å²) in [6.45, 7) is 1.85. The second-order valence-electron chi connectivity index (χ2n) is 4.63. The second-order valence-corrected chi connectivity index (χ2v) is 4.63. The monoisotopic (exact) mass is 283 g/mol. The lowest BCUT2D eigenvalue weighted by molar-refractivity contribution is 0.616. The van der Waals surface area contributed by atoms with Crippen LogP contribution in [0.5, 0.6) is 0 Å². The highest BCUT2D eigenvalue weighted by Gasteiger charge is 2.14. The van der Waals surface area contributed by atoms with Crippen LogP contribution in [0.4, 0.5) is 16.0 Å². The Balaban J connectivity index is 1.99. The van der Waals surface area contributed by atoms with Crippen LogP contribution in [0.25, 0.3) is 11.4 Å². The van der Waals surface area contributed by atoms with Gasteiger partial charge in [-0.2, -0.15) is 0 Å². The quantitative estimate of drug-likeness (QED) is 0.802. The normalized spacial score (nSPS) is 10.6. The summed E-state index contributed by atoms with van der Waals surface area (Å²) >= 11 is 0. The van der Waals surface area contributed by atoms with Crippen LogP contribution in [0.3, 0.4) is 0 Å². The third-order valence-electron chi connectivity index (χ3n) is 3.24. The van der Waals surface area contributed by atoms with Gasteiger partial charge < -0.3 is 9.88 Å². The number of aryl methyl sites for hydroxylation is 1. The molecule has 1 aromatic carbocycles. The molecule has 0 saturated heterocycles. The molecule has 106 valence electrons. The highest BCUT2D eigenvalue weighted by molar-refractivity contribution is 5.59. The second kappa shape index (κ2) is 5.32. The Morgan fingerprint density at radius 1 is 1.10 bits per heavy atom. The predicted molar refractivity (Wildman–Crippen MR) is 78.7 cm³/mol. The van der Waals surface area contributed by atoms with E-state index in [0.29, 0.717) is 11.6 Å². The number of hydrogen-bond donors (Lipinski definition) is 1. The minimum atomic E-state index is -0.475. The standard InChI is InChI=1S/C15H14FN5/c1-10-17-9-13(21(10)2)14-12(16)8-18-15(20-14)19-11-6-4-3-5-7-11/h3-9H,1-2H3,(H,18,19,20). The van der Waals surface area contributed by atoms with Gasteiger partial charge in [-0.25, -0.2) is 19.3 Å². The third-order valence-corrected chi connectivity index (χ3v) is 3.24. The van der Waals surface area contributed by atoms with Crippen molar-refractivity contribution in [2.24, 2.45) is 7.05 Å².